The zero-order valence-corrected chi connectivity index (χ0v) is 17.6. The molecule has 0 saturated heterocycles. The topological polar surface area (TPSA) is 193 Å². The van der Waals surface area contributed by atoms with E-state index in [0.717, 1.165) is 15.9 Å². The average molecular weight is 433 g/mol. The summed E-state index contributed by atoms with van der Waals surface area (Å²) in [5.74, 6) is -0.0250. The highest BCUT2D eigenvalue weighted by Gasteiger charge is 2.18. The highest BCUT2D eigenvalue weighted by atomic mass is 31.1. The van der Waals surface area contributed by atoms with Crippen LogP contribution in [0.15, 0.2) is 87.8 Å². The quantitative estimate of drug-likeness (QED) is 0.182. The van der Waals surface area contributed by atoms with Crippen molar-refractivity contribution in [2.45, 2.75) is 0 Å². The smallest absolute Gasteiger partial charge is 0.191 e. The number of hydrogen-bond acceptors (Lipinski definition) is 3. The molecule has 0 amide bonds. The third-order valence-corrected chi connectivity index (χ3v) is 6.42. The number of benzene rings is 3. The molecule has 0 fully saturated rings. The van der Waals surface area contributed by atoms with E-state index in [1.807, 2.05) is 72.8 Å². The summed E-state index contributed by atoms with van der Waals surface area (Å²) >= 11 is 0. The first kappa shape index (κ1) is 21.6. The number of aliphatic imine (C=N–C) groups is 3. The Balaban J connectivity index is 2.20. The predicted octanol–water partition coefficient (Wildman–Crippen LogP) is 0.160. The van der Waals surface area contributed by atoms with E-state index in [1.165, 1.54) is 0 Å². The fourth-order valence-corrected chi connectivity index (χ4v) is 5.38. The summed E-state index contributed by atoms with van der Waals surface area (Å²) in [6, 6.07) is 23.2. The maximum Gasteiger partial charge on any atom is 0.191 e. The van der Waals surface area contributed by atoms with Crippen molar-refractivity contribution in [3.63, 3.8) is 0 Å². The third-order valence-electron chi connectivity index (χ3n) is 4.04. The van der Waals surface area contributed by atoms with Gasteiger partial charge in [-0.15, -0.1) is 0 Å². The van der Waals surface area contributed by atoms with Crippen molar-refractivity contribution in [3.05, 3.63) is 72.8 Å². The molecular formula is C21H24N9P. The van der Waals surface area contributed by atoms with Crippen LogP contribution in [0, 0.1) is 0 Å². The van der Waals surface area contributed by atoms with Crippen molar-refractivity contribution in [1.29, 1.82) is 0 Å². The van der Waals surface area contributed by atoms with Crippen LogP contribution in [0.4, 0.5) is 17.1 Å². The molecule has 0 aliphatic carbocycles. The van der Waals surface area contributed by atoms with Crippen molar-refractivity contribution < 1.29 is 0 Å². The Morgan fingerprint density at radius 2 is 0.774 bits per heavy atom. The molecule has 3 aromatic rings. The van der Waals surface area contributed by atoms with Crippen LogP contribution in [-0.4, -0.2) is 17.9 Å². The zero-order valence-electron chi connectivity index (χ0n) is 16.7. The fourth-order valence-electron chi connectivity index (χ4n) is 3.00. The van der Waals surface area contributed by atoms with Crippen LogP contribution in [0.2, 0.25) is 0 Å². The Labute approximate surface area is 181 Å². The lowest BCUT2D eigenvalue weighted by atomic mass is 10.3. The van der Waals surface area contributed by atoms with Crippen molar-refractivity contribution in [1.82, 2.24) is 0 Å². The second-order valence-electron chi connectivity index (χ2n) is 6.50. The molecule has 0 aromatic heterocycles. The summed E-state index contributed by atoms with van der Waals surface area (Å²) < 4.78 is 0. The highest BCUT2D eigenvalue weighted by molar-refractivity contribution is 7.79. The zero-order chi connectivity index (χ0) is 22.4. The average Bonchev–Trinajstić information content (AvgIpc) is 2.68. The molecule has 3 aromatic carbocycles. The normalized spacial score (nSPS) is 10.4. The maximum absolute atomic E-state index is 5.56. The number of guanidine groups is 3. The van der Waals surface area contributed by atoms with Crippen LogP contribution >= 0.6 is 7.92 Å². The summed E-state index contributed by atoms with van der Waals surface area (Å²) in [7, 11) is -1.02. The van der Waals surface area contributed by atoms with Crippen LogP contribution in [0.3, 0.4) is 0 Å². The summed E-state index contributed by atoms with van der Waals surface area (Å²) in [6.07, 6.45) is 0. The number of nitrogens with zero attached hydrogens (tertiary/aromatic N) is 3. The largest absolute Gasteiger partial charge is 0.370 e. The van der Waals surface area contributed by atoms with Gasteiger partial charge in [0.25, 0.3) is 0 Å². The minimum atomic E-state index is -1.02. The van der Waals surface area contributed by atoms with Gasteiger partial charge in [0.2, 0.25) is 0 Å². The number of nitrogens with two attached hydrogens (primary N) is 6. The molecule has 10 heteroatoms. The SMILES string of the molecule is NC(N)=Nc1cccc(P(c2cccc(N=C(N)N)c2)c2cccc(N=C(N)N)c2)c1. The van der Waals surface area contributed by atoms with Gasteiger partial charge < -0.3 is 34.4 Å². The van der Waals surface area contributed by atoms with E-state index < -0.39 is 7.92 Å². The van der Waals surface area contributed by atoms with Crippen LogP contribution < -0.4 is 50.3 Å². The molecule has 9 nitrogen and oxygen atoms in total. The molecule has 31 heavy (non-hydrogen) atoms. The van der Waals surface area contributed by atoms with Gasteiger partial charge >= 0.3 is 0 Å². The molecule has 0 saturated carbocycles. The van der Waals surface area contributed by atoms with E-state index in [9.17, 15) is 0 Å². The Hall–Kier alpha value is -4.10. The summed E-state index contributed by atoms with van der Waals surface area (Å²) in [6.45, 7) is 0. The van der Waals surface area contributed by atoms with E-state index in [0.29, 0.717) is 17.1 Å². The van der Waals surface area contributed by atoms with Crippen molar-refractivity contribution in [2.75, 3.05) is 0 Å². The molecular weight excluding hydrogens is 409 g/mol. The van der Waals surface area contributed by atoms with Crippen LogP contribution in [0.25, 0.3) is 0 Å². The van der Waals surface area contributed by atoms with Crippen LogP contribution in [0.5, 0.6) is 0 Å². The molecule has 3 rings (SSSR count). The molecule has 0 bridgehead atoms. The lowest BCUT2D eigenvalue weighted by molar-refractivity contribution is 1.43. The van der Waals surface area contributed by atoms with Crippen LogP contribution in [-0.2, 0) is 0 Å². The summed E-state index contributed by atoms with van der Waals surface area (Å²) in [5, 5.41) is 3.09. The van der Waals surface area contributed by atoms with Gasteiger partial charge in [0.1, 0.15) is 0 Å². The van der Waals surface area contributed by atoms with Crippen molar-refractivity contribution in [2.24, 2.45) is 49.4 Å². The fraction of sp³-hybridized carbons (Fsp3) is 0. The van der Waals surface area contributed by atoms with Gasteiger partial charge in [0.05, 0.1) is 17.1 Å². The Kier molecular flexibility index (Phi) is 6.69. The van der Waals surface area contributed by atoms with Gasteiger partial charge in [-0.25, -0.2) is 15.0 Å². The first-order valence-corrected chi connectivity index (χ1v) is 10.6. The molecule has 0 spiro atoms. The third kappa shape index (κ3) is 5.94. The van der Waals surface area contributed by atoms with Gasteiger partial charge in [0.15, 0.2) is 17.9 Å². The van der Waals surface area contributed by atoms with E-state index in [2.05, 4.69) is 15.0 Å². The molecule has 0 unspecified atom stereocenters. The van der Waals surface area contributed by atoms with Gasteiger partial charge in [0, 0.05) is 0 Å². The van der Waals surface area contributed by atoms with Gasteiger partial charge in [-0.05, 0) is 60.2 Å². The van der Waals surface area contributed by atoms with Crippen LogP contribution in [0.1, 0.15) is 0 Å². The molecule has 0 aliphatic heterocycles. The standard InChI is InChI=1S/C21H24N9P/c22-19(23)28-13-4-1-7-16(10-13)31(17-8-2-5-14(11-17)29-20(24)25)18-9-3-6-15(12-18)30-21(26)27/h1-12H,(H4,22,23,28)(H4,24,25,29)(H4,26,27,30). The second-order valence-corrected chi connectivity index (χ2v) is 8.72. The molecule has 0 atom stereocenters. The number of rotatable bonds is 6. The van der Waals surface area contributed by atoms with E-state index in [1.54, 1.807) is 0 Å². The summed E-state index contributed by atoms with van der Waals surface area (Å²) in [4.78, 5) is 12.5. The predicted molar refractivity (Wildman–Crippen MR) is 132 cm³/mol. The summed E-state index contributed by atoms with van der Waals surface area (Å²) in [5.41, 5.74) is 35.3. The molecule has 0 heterocycles. The Morgan fingerprint density at radius 3 is 1.03 bits per heavy atom. The monoisotopic (exact) mass is 433 g/mol. The Bertz CT molecular complexity index is 1010. The molecule has 12 N–H and O–H groups in total. The van der Waals surface area contributed by atoms with Gasteiger partial charge in [-0.2, -0.15) is 0 Å². The minimum Gasteiger partial charge on any atom is -0.370 e. The maximum atomic E-state index is 5.56. The van der Waals surface area contributed by atoms with Crippen molar-refractivity contribution in [3.8, 4) is 0 Å². The van der Waals surface area contributed by atoms with E-state index >= 15 is 0 Å². The van der Waals surface area contributed by atoms with Gasteiger partial charge in [-0.3, -0.25) is 0 Å². The molecule has 0 aliphatic rings. The minimum absolute atomic E-state index is 0.00834. The highest BCUT2D eigenvalue weighted by Crippen LogP contribution is 2.36. The first-order chi connectivity index (χ1) is 14.8. The van der Waals surface area contributed by atoms with Gasteiger partial charge in [-0.1, -0.05) is 36.4 Å². The van der Waals surface area contributed by atoms with E-state index in [4.69, 9.17) is 34.4 Å². The lowest BCUT2D eigenvalue weighted by Crippen LogP contribution is -2.23. The Morgan fingerprint density at radius 1 is 0.484 bits per heavy atom. The molecule has 0 radical (unpaired) electrons. The first-order valence-electron chi connectivity index (χ1n) is 9.21. The molecule has 158 valence electrons. The van der Waals surface area contributed by atoms with Crippen molar-refractivity contribution >= 4 is 58.8 Å². The lowest BCUT2D eigenvalue weighted by Gasteiger charge is -2.20. The number of hydrogen-bond donors (Lipinski definition) is 6. The van der Waals surface area contributed by atoms with E-state index in [-0.39, 0.29) is 17.9 Å². The second kappa shape index (κ2) is 9.60.